The fraction of sp³-hybridized carbons (Fsp3) is 0.786. The number of hydrogen-bond acceptors (Lipinski definition) is 1. The Morgan fingerprint density at radius 3 is 2.69 bits per heavy atom. The zero-order valence-corrected chi connectivity index (χ0v) is 11.6. The van der Waals surface area contributed by atoms with Gasteiger partial charge in [-0.1, -0.05) is 38.4 Å². The molecule has 0 aliphatic heterocycles. The lowest BCUT2D eigenvalue weighted by Crippen LogP contribution is -2.35. The Morgan fingerprint density at radius 1 is 1.62 bits per heavy atom. The molecule has 0 N–H and O–H groups in total. The Labute approximate surface area is 104 Å². The topological polar surface area (TPSA) is 17.1 Å². The molecule has 92 valence electrons. The lowest BCUT2D eigenvalue weighted by Gasteiger charge is -2.36. The zero-order chi connectivity index (χ0) is 12.3. The van der Waals surface area contributed by atoms with Crippen LogP contribution < -0.4 is 0 Å². The molecule has 1 rings (SSSR count). The summed E-state index contributed by atoms with van der Waals surface area (Å²) < 4.78 is 0. The van der Waals surface area contributed by atoms with E-state index in [2.05, 4.69) is 20.8 Å². The molecule has 0 amide bonds. The first kappa shape index (κ1) is 13.8. The predicted octanol–water partition coefficient (Wildman–Crippen LogP) is 4.55. The van der Waals surface area contributed by atoms with Gasteiger partial charge in [-0.25, -0.2) is 0 Å². The number of ketones is 1. The van der Waals surface area contributed by atoms with Crippen molar-refractivity contribution in [3.05, 3.63) is 11.1 Å². The van der Waals surface area contributed by atoms with Crippen LogP contribution in [0.1, 0.15) is 53.4 Å². The Hall–Kier alpha value is -0.300. The number of allylic oxidation sites excluding steroid dienone is 2. The monoisotopic (exact) mass is 242 g/mol. The molecule has 0 saturated heterocycles. The second-order valence-electron chi connectivity index (χ2n) is 5.73. The summed E-state index contributed by atoms with van der Waals surface area (Å²) in [5.74, 6) is 1.63. The lowest BCUT2D eigenvalue weighted by molar-refractivity contribution is -0.132. The van der Waals surface area contributed by atoms with Gasteiger partial charge in [0.1, 0.15) is 5.78 Å². The van der Waals surface area contributed by atoms with Gasteiger partial charge >= 0.3 is 0 Å². The summed E-state index contributed by atoms with van der Waals surface area (Å²) in [5, 5.41) is 0.792. The maximum atomic E-state index is 12.2. The van der Waals surface area contributed by atoms with Crippen molar-refractivity contribution in [2.24, 2.45) is 17.3 Å². The van der Waals surface area contributed by atoms with E-state index in [0.717, 1.165) is 24.3 Å². The van der Waals surface area contributed by atoms with Crippen molar-refractivity contribution >= 4 is 17.4 Å². The lowest BCUT2D eigenvalue weighted by atomic mass is 9.66. The molecule has 0 spiro atoms. The molecule has 0 heterocycles. The largest absolute Gasteiger partial charge is 0.299 e. The summed E-state index contributed by atoms with van der Waals surface area (Å²) in [6.07, 6.45) is 5.72. The Balaban J connectivity index is 2.65. The minimum atomic E-state index is -0.165. The quantitative estimate of drug-likeness (QED) is 0.710. The van der Waals surface area contributed by atoms with Crippen molar-refractivity contribution < 1.29 is 4.79 Å². The summed E-state index contributed by atoms with van der Waals surface area (Å²) in [6.45, 7) is 8.38. The molecule has 0 aromatic carbocycles. The highest BCUT2D eigenvalue weighted by molar-refractivity contribution is 6.29. The van der Waals surface area contributed by atoms with Crippen molar-refractivity contribution in [1.29, 1.82) is 0 Å². The summed E-state index contributed by atoms with van der Waals surface area (Å²) in [6, 6.07) is 0. The zero-order valence-electron chi connectivity index (χ0n) is 10.8. The SMILES string of the molecule is C/C(Cl)=C\C[C@]1(C)CC[C@H](C(C)C)CC1=O. The van der Waals surface area contributed by atoms with Crippen LogP contribution in [0.3, 0.4) is 0 Å². The molecule has 2 heteroatoms. The first-order valence-electron chi connectivity index (χ1n) is 6.21. The highest BCUT2D eigenvalue weighted by Crippen LogP contribution is 2.41. The van der Waals surface area contributed by atoms with Gasteiger partial charge in [-0.05, 0) is 38.0 Å². The maximum Gasteiger partial charge on any atom is 0.139 e. The third kappa shape index (κ3) is 3.35. The van der Waals surface area contributed by atoms with Gasteiger partial charge in [0.25, 0.3) is 0 Å². The number of rotatable bonds is 3. The Bertz CT molecular complexity index is 289. The van der Waals surface area contributed by atoms with Crippen LogP contribution in [0.5, 0.6) is 0 Å². The maximum absolute atomic E-state index is 12.2. The molecule has 1 fully saturated rings. The van der Waals surface area contributed by atoms with Crippen LogP contribution in [-0.2, 0) is 4.79 Å². The first-order valence-corrected chi connectivity index (χ1v) is 6.58. The van der Waals surface area contributed by atoms with E-state index in [4.69, 9.17) is 11.6 Å². The van der Waals surface area contributed by atoms with Crippen LogP contribution in [0.2, 0.25) is 0 Å². The van der Waals surface area contributed by atoms with E-state index in [-0.39, 0.29) is 5.41 Å². The average molecular weight is 243 g/mol. The van der Waals surface area contributed by atoms with E-state index in [1.807, 2.05) is 13.0 Å². The third-order valence-electron chi connectivity index (χ3n) is 3.96. The standard InChI is InChI=1S/C14H23ClO/c1-10(2)12-6-8-14(4,13(16)9-12)7-5-11(3)15/h5,10,12H,6-9H2,1-4H3/b11-5+/t12-,14+/m0/s1. The van der Waals surface area contributed by atoms with E-state index >= 15 is 0 Å². The number of carbonyl (C=O) groups is 1. The van der Waals surface area contributed by atoms with Crippen LogP contribution in [0.4, 0.5) is 0 Å². The summed E-state index contributed by atoms with van der Waals surface area (Å²) >= 11 is 5.84. The fourth-order valence-corrected chi connectivity index (χ4v) is 2.46. The molecular weight excluding hydrogens is 220 g/mol. The third-order valence-corrected chi connectivity index (χ3v) is 4.12. The highest BCUT2D eigenvalue weighted by atomic mass is 35.5. The van der Waals surface area contributed by atoms with Gasteiger partial charge in [-0.3, -0.25) is 4.79 Å². The van der Waals surface area contributed by atoms with E-state index in [1.165, 1.54) is 6.42 Å². The van der Waals surface area contributed by atoms with Crippen molar-refractivity contribution in [2.75, 3.05) is 0 Å². The van der Waals surface area contributed by atoms with Gasteiger partial charge in [0.2, 0.25) is 0 Å². The molecule has 16 heavy (non-hydrogen) atoms. The summed E-state index contributed by atoms with van der Waals surface area (Å²) in [5.41, 5.74) is -0.165. The predicted molar refractivity (Wildman–Crippen MR) is 69.5 cm³/mol. The van der Waals surface area contributed by atoms with Crippen molar-refractivity contribution in [2.45, 2.75) is 53.4 Å². The molecule has 2 atom stereocenters. The van der Waals surface area contributed by atoms with Gasteiger partial charge < -0.3 is 0 Å². The van der Waals surface area contributed by atoms with E-state index in [1.54, 1.807) is 0 Å². The number of carbonyl (C=O) groups excluding carboxylic acids is 1. The highest BCUT2D eigenvalue weighted by Gasteiger charge is 2.38. The molecule has 1 saturated carbocycles. The smallest absolute Gasteiger partial charge is 0.139 e. The van der Waals surface area contributed by atoms with Crippen molar-refractivity contribution in [3.8, 4) is 0 Å². The molecule has 0 aromatic heterocycles. The summed E-state index contributed by atoms with van der Waals surface area (Å²) in [4.78, 5) is 12.2. The second kappa shape index (κ2) is 5.35. The molecule has 1 aliphatic carbocycles. The molecule has 0 unspecified atom stereocenters. The van der Waals surface area contributed by atoms with Crippen LogP contribution in [-0.4, -0.2) is 5.78 Å². The van der Waals surface area contributed by atoms with Gasteiger partial charge in [-0.15, -0.1) is 0 Å². The van der Waals surface area contributed by atoms with Crippen molar-refractivity contribution in [1.82, 2.24) is 0 Å². The number of Topliss-reactive ketones (excluding diaryl/α,β-unsaturated/α-hetero) is 1. The van der Waals surface area contributed by atoms with Crippen LogP contribution >= 0.6 is 11.6 Å². The van der Waals surface area contributed by atoms with Gasteiger partial charge in [0.05, 0.1) is 0 Å². The minimum absolute atomic E-state index is 0.165. The van der Waals surface area contributed by atoms with Crippen LogP contribution in [0.25, 0.3) is 0 Å². The minimum Gasteiger partial charge on any atom is -0.299 e. The van der Waals surface area contributed by atoms with Crippen molar-refractivity contribution in [3.63, 3.8) is 0 Å². The molecule has 0 radical (unpaired) electrons. The van der Waals surface area contributed by atoms with Crippen LogP contribution in [0, 0.1) is 17.3 Å². The molecule has 0 bridgehead atoms. The van der Waals surface area contributed by atoms with Gasteiger partial charge in [0.15, 0.2) is 0 Å². The molecule has 0 aromatic rings. The molecular formula is C14H23ClO. The van der Waals surface area contributed by atoms with Gasteiger partial charge in [0, 0.05) is 16.9 Å². The normalized spacial score (nSPS) is 32.2. The van der Waals surface area contributed by atoms with E-state index in [9.17, 15) is 4.79 Å². The van der Waals surface area contributed by atoms with E-state index < -0.39 is 0 Å². The second-order valence-corrected chi connectivity index (χ2v) is 6.32. The van der Waals surface area contributed by atoms with Crippen LogP contribution in [0.15, 0.2) is 11.1 Å². The van der Waals surface area contributed by atoms with Gasteiger partial charge in [-0.2, -0.15) is 0 Å². The molecule has 1 nitrogen and oxygen atoms in total. The fourth-order valence-electron chi connectivity index (χ4n) is 2.38. The summed E-state index contributed by atoms with van der Waals surface area (Å²) in [7, 11) is 0. The Kier molecular flexibility index (Phi) is 4.61. The van der Waals surface area contributed by atoms with E-state index in [0.29, 0.717) is 17.6 Å². The first-order chi connectivity index (χ1) is 7.35. The number of hydrogen-bond donors (Lipinski definition) is 0. The number of halogens is 1. The average Bonchev–Trinajstić information content (AvgIpc) is 2.19. The Morgan fingerprint density at radius 2 is 2.25 bits per heavy atom. The molecule has 1 aliphatic rings.